The molecule has 0 aliphatic heterocycles. The van der Waals surface area contributed by atoms with Gasteiger partial charge in [-0.15, -0.1) is 10.2 Å². The summed E-state index contributed by atoms with van der Waals surface area (Å²) in [6, 6.07) is 10.1. The number of fused-ring (bicyclic) bond motifs is 4. The first-order chi connectivity index (χ1) is 17.4. The van der Waals surface area contributed by atoms with Crippen molar-refractivity contribution in [3.05, 3.63) is 47.2 Å². The smallest absolute Gasteiger partial charge is 0.252 e. The SMILES string of the molecule is CCn1c2c(c3cc(-c4nc5c(C)c(-c6nn[nH]n6)ccc5n4CCOC)ccc31)CC(F)(F)CC2. The van der Waals surface area contributed by atoms with E-state index in [2.05, 4.69) is 36.7 Å². The van der Waals surface area contributed by atoms with Gasteiger partial charge >= 0.3 is 0 Å². The average molecular weight is 492 g/mol. The van der Waals surface area contributed by atoms with Gasteiger partial charge in [0.05, 0.1) is 17.6 Å². The van der Waals surface area contributed by atoms with Crippen LogP contribution in [0.2, 0.25) is 0 Å². The Morgan fingerprint density at radius 1 is 1.14 bits per heavy atom. The lowest BCUT2D eigenvalue weighted by molar-refractivity contribution is -0.0125. The lowest BCUT2D eigenvalue weighted by atomic mass is 9.92. The van der Waals surface area contributed by atoms with Crippen molar-refractivity contribution in [2.45, 2.75) is 52.1 Å². The Labute approximate surface area is 206 Å². The summed E-state index contributed by atoms with van der Waals surface area (Å²) in [5.41, 5.74) is 7.28. The van der Waals surface area contributed by atoms with Crippen LogP contribution in [0.5, 0.6) is 0 Å². The van der Waals surface area contributed by atoms with Crippen LogP contribution in [0.1, 0.15) is 30.2 Å². The molecule has 1 N–H and O–H groups in total. The zero-order chi connectivity index (χ0) is 25.0. The molecule has 0 atom stereocenters. The van der Waals surface area contributed by atoms with E-state index in [0.717, 1.165) is 62.3 Å². The Morgan fingerprint density at radius 3 is 2.72 bits per heavy atom. The maximum absolute atomic E-state index is 14.4. The number of nitrogens with one attached hydrogen (secondary N) is 1. The second kappa shape index (κ2) is 8.48. The molecule has 0 amide bonds. The maximum Gasteiger partial charge on any atom is 0.252 e. The normalized spacial score (nSPS) is 15.1. The first-order valence-corrected chi connectivity index (χ1v) is 12.2. The van der Waals surface area contributed by atoms with Crippen molar-refractivity contribution in [1.82, 2.24) is 34.7 Å². The van der Waals surface area contributed by atoms with Crippen molar-refractivity contribution in [2.24, 2.45) is 0 Å². The van der Waals surface area contributed by atoms with E-state index >= 15 is 0 Å². The number of rotatable bonds is 6. The van der Waals surface area contributed by atoms with Gasteiger partial charge in [-0.25, -0.2) is 13.8 Å². The second-order valence-corrected chi connectivity index (χ2v) is 9.36. The fourth-order valence-corrected chi connectivity index (χ4v) is 5.58. The number of nitrogens with zero attached hydrogens (tertiary/aromatic N) is 6. The number of aryl methyl sites for hydroxylation is 2. The summed E-state index contributed by atoms with van der Waals surface area (Å²) in [6.07, 6.45) is 0.0745. The molecule has 0 bridgehead atoms. The van der Waals surface area contributed by atoms with Crippen LogP contribution in [-0.2, 0) is 30.7 Å². The molecule has 1 aliphatic carbocycles. The van der Waals surface area contributed by atoms with E-state index < -0.39 is 5.92 Å². The van der Waals surface area contributed by atoms with E-state index in [0.29, 0.717) is 25.4 Å². The Bertz CT molecular complexity index is 1580. The number of H-pyrrole nitrogens is 1. The second-order valence-electron chi connectivity index (χ2n) is 9.36. The van der Waals surface area contributed by atoms with Gasteiger partial charge in [-0.2, -0.15) is 5.21 Å². The van der Waals surface area contributed by atoms with Crippen molar-refractivity contribution in [1.29, 1.82) is 0 Å². The molecule has 0 unspecified atom stereocenters. The molecule has 186 valence electrons. The summed E-state index contributed by atoms with van der Waals surface area (Å²) < 4.78 is 38.6. The molecule has 6 rings (SSSR count). The third-order valence-electron chi connectivity index (χ3n) is 7.30. The molecule has 0 radical (unpaired) electrons. The molecule has 5 aromatic rings. The molecule has 1 aliphatic rings. The van der Waals surface area contributed by atoms with E-state index in [1.165, 1.54) is 0 Å². The highest BCUT2D eigenvalue weighted by Crippen LogP contribution is 2.40. The number of hydrogen-bond acceptors (Lipinski definition) is 5. The topological polar surface area (TPSA) is 86.4 Å². The first kappa shape index (κ1) is 22.8. The summed E-state index contributed by atoms with van der Waals surface area (Å²) in [5, 5.41) is 15.3. The van der Waals surface area contributed by atoms with Crippen molar-refractivity contribution >= 4 is 21.9 Å². The largest absolute Gasteiger partial charge is 0.383 e. The molecule has 0 spiro atoms. The van der Waals surface area contributed by atoms with Gasteiger partial charge in [0.25, 0.3) is 5.92 Å². The molecule has 0 saturated carbocycles. The number of alkyl halides is 2. The molecule has 10 heteroatoms. The highest BCUT2D eigenvalue weighted by molar-refractivity contribution is 5.92. The van der Waals surface area contributed by atoms with E-state index in [1.54, 1.807) is 7.11 Å². The quantitative estimate of drug-likeness (QED) is 0.364. The highest BCUT2D eigenvalue weighted by Gasteiger charge is 2.37. The van der Waals surface area contributed by atoms with E-state index in [1.807, 2.05) is 37.3 Å². The Hall–Kier alpha value is -3.66. The zero-order valence-electron chi connectivity index (χ0n) is 20.5. The number of benzene rings is 2. The van der Waals surface area contributed by atoms with Crippen molar-refractivity contribution in [3.63, 3.8) is 0 Å². The minimum absolute atomic E-state index is 0.0992. The van der Waals surface area contributed by atoms with Crippen LogP contribution in [0.3, 0.4) is 0 Å². The molecular weight excluding hydrogens is 464 g/mol. The van der Waals surface area contributed by atoms with Gasteiger partial charge in [-0.1, -0.05) is 0 Å². The monoisotopic (exact) mass is 491 g/mol. The number of hydrogen-bond donors (Lipinski definition) is 1. The molecule has 3 heterocycles. The summed E-state index contributed by atoms with van der Waals surface area (Å²) in [6.45, 7) is 5.93. The first-order valence-electron chi connectivity index (χ1n) is 12.2. The Morgan fingerprint density at radius 2 is 1.97 bits per heavy atom. The molecular formula is C26H27F2N7O. The molecule has 2 aromatic carbocycles. The highest BCUT2D eigenvalue weighted by atomic mass is 19.3. The summed E-state index contributed by atoms with van der Waals surface area (Å²) >= 11 is 0. The van der Waals surface area contributed by atoms with Gasteiger partial charge in [-0.05, 0) is 66.9 Å². The predicted octanol–water partition coefficient (Wildman–Crippen LogP) is 4.94. The fourth-order valence-electron chi connectivity index (χ4n) is 5.58. The number of ether oxygens (including phenoxy) is 1. The predicted molar refractivity (Wildman–Crippen MR) is 133 cm³/mol. The summed E-state index contributed by atoms with van der Waals surface area (Å²) in [7, 11) is 1.67. The van der Waals surface area contributed by atoms with Gasteiger partial charge in [0.2, 0.25) is 5.82 Å². The van der Waals surface area contributed by atoms with Crippen LogP contribution in [0.4, 0.5) is 8.78 Å². The van der Waals surface area contributed by atoms with E-state index in [-0.39, 0.29) is 12.8 Å². The van der Waals surface area contributed by atoms with Crippen LogP contribution in [0, 0.1) is 6.92 Å². The number of imidazole rings is 1. The third-order valence-corrected chi connectivity index (χ3v) is 7.30. The number of tetrazole rings is 1. The van der Waals surface area contributed by atoms with Crippen LogP contribution in [0.15, 0.2) is 30.3 Å². The molecule has 3 aromatic heterocycles. The van der Waals surface area contributed by atoms with E-state index in [9.17, 15) is 8.78 Å². The standard InChI is InChI=1S/C26H27F2N7O/c1-4-34-20-7-5-16(13-18(20)19-14-26(27,28)10-9-21(19)34)25-29-23-15(2)17(24-30-32-33-31-24)6-8-22(23)35(25)11-12-36-3/h5-8,13H,4,9-12,14H2,1-3H3,(H,30,31,32,33). The molecule has 8 nitrogen and oxygen atoms in total. The van der Waals surface area contributed by atoms with Crippen molar-refractivity contribution < 1.29 is 13.5 Å². The number of methoxy groups -OCH3 is 1. The van der Waals surface area contributed by atoms with Crippen LogP contribution >= 0.6 is 0 Å². The van der Waals surface area contributed by atoms with Crippen molar-refractivity contribution in [3.8, 4) is 22.8 Å². The van der Waals surface area contributed by atoms with Gasteiger partial charge in [0.15, 0.2) is 0 Å². The zero-order valence-corrected chi connectivity index (χ0v) is 20.5. The lowest BCUT2D eigenvalue weighted by Crippen LogP contribution is -2.26. The number of aromatic nitrogens is 7. The number of halogens is 2. The summed E-state index contributed by atoms with van der Waals surface area (Å²) in [4.78, 5) is 5.05. The van der Waals surface area contributed by atoms with Gasteiger partial charge in [0, 0.05) is 60.8 Å². The summed E-state index contributed by atoms with van der Waals surface area (Å²) in [5.74, 6) is -1.39. The Balaban J connectivity index is 1.56. The number of aromatic amines is 1. The molecule has 0 saturated heterocycles. The fraction of sp³-hybridized carbons (Fsp3) is 0.385. The Kier molecular flexibility index (Phi) is 5.36. The van der Waals surface area contributed by atoms with Gasteiger partial charge in [0.1, 0.15) is 5.82 Å². The van der Waals surface area contributed by atoms with Crippen LogP contribution < -0.4 is 0 Å². The molecule has 36 heavy (non-hydrogen) atoms. The van der Waals surface area contributed by atoms with Crippen molar-refractivity contribution in [2.75, 3.05) is 13.7 Å². The van der Waals surface area contributed by atoms with Gasteiger partial charge in [-0.3, -0.25) is 0 Å². The van der Waals surface area contributed by atoms with Crippen LogP contribution in [-0.4, -0.2) is 54.4 Å². The minimum atomic E-state index is -2.68. The van der Waals surface area contributed by atoms with Gasteiger partial charge < -0.3 is 13.9 Å². The maximum atomic E-state index is 14.4. The molecule has 0 fully saturated rings. The average Bonchev–Trinajstić information content (AvgIpc) is 3.59. The lowest BCUT2D eigenvalue weighted by Gasteiger charge is -2.23. The van der Waals surface area contributed by atoms with E-state index in [4.69, 9.17) is 9.72 Å². The third kappa shape index (κ3) is 3.50. The minimum Gasteiger partial charge on any atom is -0.383 e. The van der Waals surface area contributed by atoms with Crippen LogP contribution in [0.25, 0.3) is 44.7 Å².